The van der Waals surface area contributed by atoms with Crippen LogP contribution in [-0.2, 0) is 17.5 Å². The molecule has 7 nitrogen and oxygen atoms in total. The molecule has 0 bridgehead atoms. The van der Waals surface area contributed by atoms with E-state index in [1.165, 1.54) is 18.2 Å². The van der Waals surface area contributed by atoms with E-state index in [-0.39, 0.29) is 17.0 Å². The van der Waals surface area contributed by atoms with Crippen LogP contribution in [0.1, 0.15) is 21.6 Å². The molecule has 4 aromatic rings. The van der Waals surface area contributed by atoms with Crippen LogP contribution in [0.15, 0.2) is 66.9 Å². The van der Waals surface area contributed by atoms with Crippen LogP contribution in [0, 0.1) is 5.82 Å². The lowest BCUT2D eigenvalue weighted by Gasteiger charge is -2.26. The van der Waals surface area contributed by atoms with E-state index in [1.807, 2.05) is 0 Å². The Hall–Kier alpha value is -4.09. The van der Waals surface area contributed by atoms with Gasteiger partial charge in [0.15, 0.2) is 11.6 Å². The van der Waals surface area contributed by atoms with Gasteiger partial charge in [0.2, 0.25) is 0 Å². The van der Waals surface area contributed by atoms with E-state index in [1.54, 1.807) is 24.4 Å². The van der Waals surface area contributed by atoms with Crippen LogP contribution in [0.2, 0.25) is 0 Å². The van der Waals surface area contributed by atoms with Crippen molar-refractivity contribution in [2.24, 2.45) is 0 Å². The number of hydrogen-bond acceptors (Lipinski definition) is 6. The number of morpholine rings is 1. The fraction of sp³-hybridized carbons (Fsp3) is 0.222. The summed E-state index contributed by atoms with van der Waals surface area (Å²) >= 11 is 0. The Morgan fingerprint density at radius 1 is 1.03 bits per heavy atom. The third kappa shape index (κ3) is 6.06. The summed E-state index contributed by atoms with van der Waals surface area (Å²) in [5.74, 6) is -1.32. The number of anilines is 1. The number of ether oxygens (including phenoxy) is 2. The molecule has 0 saturated carbocycles. The van der Waals surface area contributed by atoms with E-state index < -0.39 is 23.5 Å². The zero-order valence-corrected chi connectivity index (χ0v) is 20.0. The van der Waals surface area contributed by atoms with Gasteiger partial charge in [-0.3, -0.25) is 14.7 Å². The van der Waals surface area contributed by atoms with Gasteiger partial charge >= 0.3 is 6.18 Å². The molecule has 1 fully saturated rings. The lowest BCUT2D eigenvalue weighted by molar-refractivity contribution is -0.137. The van der Waals surface area contributed by atoms with E-state index in [9.17, 15) is 22.4 Å². The third-order valence-corrected chi connectivity index (χ3v) is 5.92. The summed E-state index contributed by atoms with van der Waals surface area (Å²) in [6.07, 6.45) is -2.86. The van der Waals surface area contributed by atoms with Crippen molar-refractivity contribution in [1.29, 1.82) is 0 Å². The van der Waals surface area contributed by atoms with Gasteiger partial charge in [-0.05, 0) is 42.5 Å². The number of aromatic nitrogens is 2. The molecular formula is C27H22F4N4O3. The minimum atomic E-state index is -4.58. The van der Waals surface area contributed by atoms with Crippen LogP contribution in [0.5, 0.6) is 11.5 Å². The molecule has 38 heavy (non-hydrogen) atoms. The summed E-state index contributed by atoms with van der Waals surface area (Å²) in [5, 5.41) is 2.40. The molecule has 0 spiro atoms. The number of hydrogen-bond donors (Lipinski definition) is 1. The Balaban J connectivity index is 1.28. The maximum atomic E-state index is 14.8. The number of benzene rings is 3. The van der Waals surface area contributed by atoms with Crippen LogP contribution in [0.25, 0.3) is 11.0 Å². The molecule has 0 unspecified atom stereocenters. The number of nitrogens with one attached hydrogen (secondary N) is 1. The molecule has 196 valence electrons. The summed E-state index contributed by atoms with van der Waals surface area (Å²) in [6.45, 7) is 3.63. The van der Waals surface area contributed by atoms with Crippen molar-refractivity contribution in [1.82, 2.24) is 14.9 Å². The van der Waals surface area contributed by atoms with Gasteiger partial charge in [0.1, 0.15) is 5.75 Å². The van der Waals surface area contributed by atoms with Gasteiger partial charge in [-0.25, -0.2) is 9.37 Å². The summed E-state index contributed by atoms with van der Waals surface area (Å²) in [4.78, 5) is 23.7. The number of alkyl halides is 3. The Labute approximate surface area is 215 Å². The molecule has 1 N–H and O–H groups in total. The Morgan fingerprint density at radius 3 is 2.61 bits per heavy atom. The molecule has 1 aromatic heterocycles. The van der Waals surface area contributed by atoms with Crippen LogP contribution >= 0.6 is 0 Å². The predicted octanol–water partition coefficient (Wildman–Crippen LogP) is 5.66. The summed E-state index contributed by atoms with van der Waals surface area (Å²) in [5.41, 5.74) is 0.965. The first-order valence-corrected chi connectivity index (χ1v) is 11.8. The normalized spacial score (nSPS) is 14.4. The monoisotopic (exact) mass is 526 g/mol. The quantitative estimate of drug-likeness (QED) is 0.327. The van der Waals surface area contributed by atoms with Crippen LogP contribution in [0.4, 0.5) is 23.2 Å². The molecule has 5 rings (SSSR count). The zero-order valence-electron chi connectivity index (χ0n) is 20.0. The SMILES string of the molecule is O=C(Nc1ccc(Oc2ccc3ncc(CN4CCOCC4)nc3c2)c(F)c1)c1cccc(C(F)(F)F)c1. The number of carbonyl (C=O) groups is 1. The predicted molar refractivity (Wildman–Crippen MR) is 132 cm³/mol. The van der Waals surface area contributed by atoms with E-state index in [0.717, 1.165) is 43.0 Å². The fourth-order valence-electron chi connectivity index (χ4n) is 3.99. The molecule has 1 aliphatic rings. The lowest BCUT2D eigenvalue weighted by Crippen LogP contribution is -2.35. The number of carbonyl (C=O) groups excluding carboxylic acids is 1. The largest absolute Gasteiger partial charge is 0.454 e. The van der Waals surface area contributed by atoms with E-state index in [4.69, 9.17) is 9.47 Å². The molecule has 2 heterocycles. The number of amides is 1. The van der Waals surface area contributed by atoms with Gasteiger partial charge in [0.25, 0.3) is 5.91 Å². The van der Waals surface area contributed by atoms with Gasteiger partial charge in [-0.15, -0.1) is 0 Å². The Kier molecular flexibility index (Phi) is 7.21. The average Bonchev–Trinajstić information content (AvgIpc) is 2.90. The summed E-state index contributed by atoms with van der Waals surface area (Å²) < 4.78 is 64.6. The second-order valence-electron chi connectivity index (χ2n) is 8.68. The highest BCUT2D eigenvalue weighted by molar-refractivity contribution is 6.04. The third-order valence-electron chi connectivity index (χ3n) is 5.92. The van der Waals surface area contributed by atoms with E-state index >= 15 is 0 Å². The number of halogens is 4. The first-order chi connectivity index (χ1) is 18.2. The maximum absolute atomic E-state index is 14.8. The number of rotatable bonds is 6. The minimum Gasteiger partial charge on any atom is -0.454 e. The zero-order chi connectivity index (χ0) is 26.7. The van der Waals surface area contributed by atoms with E-state index in [0.29, 0.717) is 36.5 Å². The van der Waals surface area contributed by atoms with Gasteiger partial charge in [0.05, 0.1) is 41.7 Å². The molecule has 1 amide bonds. The smallest absolute Gasteiger partial charge is 0.416 e. The van der Waals surface area contributed by atoms with Crippen LogP contribution in [0.3, 0.4) is 0 Å². The maximum Gasteiger partial charge on any atom is 0.416 e. The lowest BCUT2D eigenvalue weighted by atomic mass is 10.1. The molecule has 1 saturated heterocycles. The van der Waals surface area contributed by atoms with Crippen molar-refractivity contribution in [3.63, 3.8) is 0 Å². The minimum absolute atomic E-state index is 0.0643. The summed E-state index contributed by atoms with van der Waals surface area (Å²) in [6, 6.07) is 12.7. The number of fused-ring (bicyclic) bond motifs is 1. The van der Waals surface area contributed by atoms with E-state index in [2.05, 4.69) is 20.2 Å². The molecule has 1 aliphatic heterocycles. The van der Waals surface area contributed by atoms with Crippen molar-refractivity contribution in [2.45, 2.75) is 12.7 Å². The van der Waals surface area contributed by atoms with Gasteiger partial charge in [0, 0.05) is 43.0 Å². The van der Waals surface area contributed by atoms with Gasteiger partial charge in [-0.1, -0.05) is 6.07 Å². The second-order valence-corrected chi connectivity index (χ2v) is 8.68. The molecule has 11 heteroatoms. The van der Waals surface area contributed by atoms with Gasteiger partial charge < -0.3 is 14.8 Å². The average molecular weight is 526 g/mol. The molecule has 0 atom stereocenters. The summed E-state index contributed by atoms with van der Waals surface area (Å²) in [7, 11) is 0. The first kappa shape index (κ1) is 25.6. The Bertz CT molecular complexity index is 1470. The molecule has 0 aliphatic carbocycles. The van der Waals surface area contributed by atoms with Crippen LogP contribution in [-0.4, -0.2) is 47.1 Å². The fourth-order valence-corrected chi connectivity index (χ4v) is 3.99. The standard InChI is InChI=1S/C27H22F4N4O3/c28-22-13-19(34-26(36)17-2-1-3-18(12-17)27(29,30)31)4-7-25(22)38-21-5-6-23-24(14-21)33-20(15-32-23)16-35-8-10-37-11-9-35/h1-7,12-15H,8-11,16H2,(H,34,36). The molecule has 0 radical (unpaired) electrons. The second kappa shape index (κ2) is 10.7. The molecular weight excluding hydrogens is 504 g/mol. The first-order valence-electron chi connectivity index (χ1n) is 11.8. The van der Waals surface area contributed by atoms with Crippen molar-refractivity contribution in [3.05, 3.63) is 89.5 Å². The van der Waals surface area contributed by atoms with Crippen LogP contribution < -0.4 is 10.1 Å². The van der Waals surface area contributed by atoms with Gasteiger partial charge in [-0.2, -0.15) is 13.2 Å². The highest BCUT2D eigenvalue weighted by Crippen LogP contribution is 2.31. The Morgan fingerprint density at radius 2 is 1.84 bits per heavy atom. The van der Waals surface area contributed by atoms with Crippen molar-refractivity contribution < 1.29 is 31.8 Å². The van der Waals surface area contributed by atoms with Crippen molar-refractivity contribution >= 4 is 22.6 Å². The van der Waals surface area contributed by atoms with Crippen molar-refractivity contribution in [2.75, 3.05) is 31.6 Å². The molecule has 3 aromatic carbocycles. The van der Waals surface area contributed by atoms with Crippen molar-refractivity contribution in [3.8, 4) is 11.5 Å². The topological polar surface area (TPSA) is 76.6 Å². The highest BCUT2D eigenvalue weighted by atomic mass is 19.4. The highest BCUT2D eigenvalue weighted by Gasteiger charge is 2.31. The number of nitrogens with zero attached hydrogens (tertiary/aromatic N) is 3.